The van der Waals surface area contributed by atoms with Crippen molar-refractivity contribution < 1.29 is 0 Å². The van der Waals surface area contributed by atoms with Crippen LogP contribution in [0.5, 0.6) is 0 Å². The van der Waals surface area contributed by atoms with Gasteiger partial charge in [0.05, 0.1) is 0 Å². The van der Waals surface area contributed by atoms with E-state index in [0.717, 1.165) is 53.3 Å². The molecule has 6 aliphatic rings. The van der Waals surface area contributed by atoms with E-state index in [-0.39, 0.29) is 7.43 Å². The smallest absolute Gasteiger partial charge is 0.0383 e. The SMILES string of the molecule is C.CC.CC.CC1CCCC(C)CCC1.CC1CCCC(C2CCCCCC(C3CC3)C2)CCC1.CC1CCCCCCC1.CC1CCCCCCC1. The van der Waals surface area contributed by atoms with Crippen LogP contribution in [-0.2, 0) is 0 Å². The summed E-state index contributed by atoms with van der Waals surface area (Å²) in [4.78, 5) is 0. The Morgan fingerprint density at radius 2 is 0.396 bits per heavy atom. The van der Waals surface area contributed by atoms with Crippen molar-refractivity contribution in [1.82, 2.24) is 0 Å². The van der Waals surface area contributed by atoms with E-state index in [2.05, 4.69) is 34.6 Å². The lowest BCUT2D eigenvalue weighted by Crippen LogP contribution is -2.22. The first kappa shape index (κ1) is 53.0. The molecule has 0 heteroatoms. The third-order valence-corrected chi connectivity index (χ3v) is 14.3. The van der Waals surface area contributed by atoms with Gasteiger partial charge in [-0.1, -0.05) is 269 Å². The molecular formula is C53H108. The van der Waals surface area contributed by atoms with E-state index in [4.69, 9.17) is 0 Å². The quantitative estimate of drug-likeness (QED) is 0.264. The van der Waals surface area contributed by atoms with Gasteiger partial charge in [-0.05, 0) is 72.5 Å². The molecule has 0 aliphatic heterocycles. The van der Waals surface area contributed by atoms with Crippen LogP contribution in [0.4, 0.5) is 0 Å². The van der Waals surface area contributed by atoms with Gasteiger partial charge in [0.15, 0.2) is 0 Å². The number of hydrogen-bond donors (Lipinski definition) is 0. The Kier molecular flexibility index (Phi) is 36.3. The first-order valence-electron chi connectivity index (χ1n) is 25.4. The molecule has 0 bridgehead atoms. The molecule has 0 aromatic rings. The highest BCUT2D eigenvalue weighted by molar-refractivity contribution is 4.86. The Labute approximate surface area is 340 Å². The van der Waals surface area contributed by atoms with E-state index < -0.39 is 0 Å². The van der Waals surface area contributed by atoms with Gasteiger partial charge in [-0.25, -0.2) is 0 Å². The molecule has 6 rings (SSSR count). The van der Waals surface area contributed by atoms with Crippen LogP contribution >= 0.6 is 0 Å². The van der Waals surface area contributed by atoms with Gasteiger partial charge >= 0.3 is 0 Å². The van der Waals surface area contributed by atoms with Gasteiger partial charge in [0.2, 0.25) is 0 Å². The monoisotopic (exact) mass is 745 g/mol. The van der Waals surface area contributed by atoms with Crippen molar-refractivity contribution >= 4 is 0 Å². The van der Waals surface area contributed by atoms with Gasteiger partial charge in [-0.3, -0.25) is 0 Å². The predicted molar refractivity (Wildman–Crippen MR) is 246 cm³/mol. The maximum Gasteiger partial charge on any atom is -0.0383 e. The summed E-state index contributed by atoms with van der Waals surface area (Å²) < 4.78 is 0. The van der Waals surface area contributed by atoms with Crippen molar-refractivity contribution in [3.63, 3.8) is 0 Å². The number of hydrogen-bond acceptors (Lipinski definition) is 0. The zero-order valence-electron chi connectivity index (χ0n) is 38.2. The largest absolute Gasteiger partial charge is 0.0776 e. The molecule has 0 saturated heterocycles. The average molecular weight is 745 g/mol. The lowest BCUT2D eigenvalue weighted by Gasteiger charge is -2.34. The molecule has 0 spiro atoms. The zero-order chi connectivity index (χ0) is 38.2. The molecule has 0 N–H and O–H groups in total. The summed E-state index contributed by atoms with van der Waals surface area (Å²) >= 11 is 0. The molecule has 0 heterocycles. The molecular weight excluding hydrogens is 637 g/mol. The third-order valence-electron chi connectivity index (χ3n) is 14.3. The minimum Gasteiger partial charge on any atom is -0.0776 e. The molecule has 2 atom stereocenters. The molecule has 0 nitrogen and oxygen atoms in total. The minimum absolute atomic E-state index is 0. The average Bonchev–Trinajstić information content (AvgIpc) is 3.94. The second-order valence-electron chi connectivity index (χ2n) is 19.4. The van der Waals surface area contributed by atoms with E-state index in [9.17, 15) is 0 Å². The maximum absolute atomic E-state index is 2.47. The normalized spacial score (nSPS) is 31.2. The summed E-state index contributed by atoms with van der Waals surface area (Å²) in [6, 6.07) is 0. The molecule has 53 heavy (non-hydrogen) atoms. The van der Waals surface area contributed by atoms with Crippen LogP contribution < -0.4 is 0 Å². The first-order valence-corrected chi connectivity index (χ1v) is 25.4. The van der Waals surface area contributed by atoms with Crippen molar-refractivity contribution in [3.05, 3.63) is 0 Å². The summed E-state index contributed by atoms with van der Waals surface area (Å²) in [6.07, 6.45) is 51.4. The van der Waals surface area contributed by atoms with Gasteiger partial charge in [0, 0.05) is 0 Å². The van der Waals surface area contributed by atoms with E-state index in [0.29, 0.717) is 0 Å². The Morgan fingerprint density at radius 3 is 0.698 bits per heavy atom. The summed E-state index contributed by atoms with van der Waals surface area (Å²) in [7, 11) is 0. The Bertz CT molecular complexity index is 654. The zero-order valence-corrected chi connectivity index (χ0v) is 38.2. The third kappa shape index (κ3) is 29.0. The second-order valence-corrected chi connectivity index (χ2v) is 19.4. The number of rotatable bonds is 2. The molecule has 6 aliphatic carbocycles. The van der Waals surface area contributed by atoms with E-state index in [1.54, 1.807) is 44.9 Å². The van der Waals surface area contributed by atoms with Gasteiger partial charge in [0.25, 0.3) is 0 Å². The predicted octanol–water partition coefficient (Wildman–Crippen LogP) is 19.6. The Hall–Kier alpha value is 0. The van der Waals surface area contributed by atoms with E-state index >= 15 is 0 Å². The van der Waals surface area contributed by atoms with Crippen LogP contribution in [0.25, 0.3) is 0 Å². The van der Waals surface area contributed by atoms with Crippen LogP contribution in [-0.4, -0.2) is 0 Å². The lowest BCUT2D eigenvalue weighted by molar-refractivity contribution is 0.173. The maximum atomic E-state index is 2.47. The fraction of sp³-hybridized carbons (Fsp3) is 1.00. The molecule has 0 aromatic carbocycles. The van der Waals surface area contributed by atoms with Crippen molar-refractivity contribution in [3.8, 4) is 0 Å². The summed E-state index contributed by atoms with van der Waals surface area (Å²) in [6.45, 7) is 20.1. The summed E-state index contributed by atoms with van der Waals surface area (Å²) in [5, 5.41) is 0. The summed E-state index contributed by atoms with van der Waals surface area (Å²) in [5.74, 6) is 9.55. The fourth-order valence-corrected chi connectivity index (χ4v) is 10.5. The van der Waals surface area contributed by atoms with Gasteiger partial charge < -0.3 is 0 Å². The van der Waals surface area contributed by atoms with E-state index in [1.165, 1.54) is 173 Å². The van der Waals surface area contributed by atoms with Gasteiger partial charge in [-0.2, -0.15) is 0 Å². The molecule has 0 aromatic heterocycles. The highest BCUT2D eigenvalue weighted by Crippen LogP contribution is 2.46. The second kappa shape index (κ2) is 36.3. The molecule has 320 valence electrons. The highest BCUT2D eigenvalue weighted by atomic mass is 14.4. The molecule has 0 radical (unpaired) electrons. The summed E-state index contributed by atoms with van der Waals surface area (Å²) in [5.41, 5.74) is 0. The topological polar surface area (TPSA) is 0 Å². The minimum atomic E-state index is 0. The highest BCUT2D eigenvalue weighted by Gasteiger charge is 2.35. The standard InChI is InChI=1S/C20H36.C10H20.2C9H18.2C2H6.CH4/c1-16-7-5-11-17(12-6-8-16)19-9-3-2-4-10-20(15-19)18-13-14-18;1-9-5-3-7-10(2)8-4-6-9;2*1-9-7-5-3-2-4-6-8-9;2*1-2;/h16-20H,2-15H2,1H3;9-10H,3-8H2,1-2H3;2*9H,2-8H2,1H3;2*1-2H3;1H4. The van der Waals surface area contributed by atoms with Gasteiger partial charge in [0.1, 0.15) is 0 Å². The Morgan fingerprint density at radius 1 is 0.208 bits per heavy atom. The van der Waals surface area contributed by atoms with Crippen LogP contribution in [0.3, 0.4) is 0 Å². The Balaban J connectivity index is 0.000000701. The van der Waals surface area contributed by atoms with Crippen LogP contribution in [0.2, 0.25) is 0 Å². The fourth-order valence-electron chi connectivity index (χ4n) is 10.5. The molecule has 0 amide bonds. The van der Waals surface area contributed by atoms with E-state index in [1.807, 2.05) is 27.7 Å². The first-order chi connectivity index (χ1) is 25.4. The molecule has 6 saturated carbocycles. The van der Waals surface area contributed by atoms with Crippen molar-refractivity contribution in [2.75, 3.05) is 0 Å². The molecule has 2 unspecified atom stereocenters. The van der Waals surface area contributed by atoms with Crippen molar-refractivity contribution in [1.29, 1.82) is 0 Å². The van der Waals surface area contributed by atoms with Crippen LogP contribution in [0.1, 0.15) is 288 Å². The van der Waals surface area contributed by atoms with Crippen LogP contribution in [0, 0.1) is 53.3 Å². The van der Waals surface area contributed by atoms with Gasteiger partial charge in [-0.15, -0.1) is 0 Å². The lowest BCUT2D eigenvalue weighted by atomic mass is 9.72. The van der Waals surface area contributed by atoms with Crippen LogP contribution in [0.15, 0.2) is 0 Å². The molecule has 6 fully saturated rings. The van der Waals surface area contributed by atoms with Crippen molar-refractivity contribution in [2.45, 2.75) is 288 Å². The van der Waals surface area contributed by atoms with Crippen molar-refractivity contribution in [2.24, 2.45) is 53.3 Å².